The molecule has 0 heterocycles. The number of phenolic OH excluding ortho intramolecular Hbond substituents is 1. The molecule has 23 nitrogen and oxygen atoms in total. The molecule has 0 saturated carbocycles. The van der Waals surface area contributed by atoms with E-state index in [4.69, 9.17) is 5.73 Å². The lowest BCUT2D eigenvalue weighted by molar-refractivity contribution is -0.126. The van der Waals surface area contributed by atoms with Crippen LogP contribution in [0.4, 0.5) is 39.8 Å². The standard InChI is InChI=1S/C32H26N8O15S4/c1-16(41)28(32(43)34-18-5-3-2-4-6-18)38-35-19-7-9-20(10-8-19)36-39-29-24(58(50,51)52)13-17-14-25(59(53,54)55)30(31(42)26(17)27(29)33)40-37-22-15-21(56(44,45)46)11-12-23(22)57(47,48)49/h2-15,28,42H,33H2,1H3,(H,34,43)(H,44,45,46)(H,47,48,49)(H,50,51,52)(H,53,54,55). The number of nitrogens with two attached hydrogens (primary N) is 1. The number of rotatable bonds is 13. The van der Waals surface area contributed by atoms with Crippen molar-refractivity contribution in [3.63, 3.8) is 0 Å². The fourth-order valence-corrected chi connectivity index (χ4v) is 7.46. The molecule has 8 N–H and O–H groups in total. The third-order valence-electron chi connectivity index (χ3n) is 7.71. The van der Waals surface area contributed by atoms with Crippen molar-refractivity contribution >= 4 is 103 Å². The molecule has 5 aromatic carbocycles. The molecule has 0 saturated heterocycles. The van der Waals surface area contributed by atoms with Crippen molar-refractivity contribution in [1.29, 1.82) is 0 Å². The second-order valence-electron chi connectivity index (χ2n) is 11.8. The van der Waals surface area contributed by atoms with Crippen LogP contribution < -0.4 is 11.1 Å². The van der Waals surface area contributed by atoms with Gasteiger partial charge in [-0.25, -0.2) is 0 Å². The van der Waals surface area contributed by atoms with E-state index in [0.29, 0.717) is 36.0 Å². The highest BCUT2D eigenvalue weighted by Gasteiger charge is 2.29. The molecule has 0 aromatic heterocycles. The van der Waals surface area contributed by atoms with E-state index in [1.165, 1.54) is 24.3 Å². The van der Waals surface area contributed by atoms with Crippen molar-refractivity contribution in [3.8, 4) is 5.75 Å². The van der Waals surface area contributed by atoms with Crippen LogP contribution in [0, 0.1) is 0 Å². The zero-order valence-corrected chi connectivity index (χ0v) is 32.6. The fraction of sp³-hybridized carbons (Fsp3) is 0.0625. The number of fused-ring (bicyclic) bond motifs is 1. The Bertz CT molecular complexity index is 3090. The van der Waals surface area contributed by atoms with Gasteiger partial charge in [0.15, 0.2) is 11.5 Å². The molecule has 27 heteroatoms. The van der Waals surface area contributed by atoms with Crippen molar-refractivity contribution < 1.29 is 66.6 Å². The average molecular weight is 891 g/mol. The van der Waals surface area contributed by atoms with Crippen molar-refractivity contribution in [2.75, 3.05) is 11.1 Å². The number of carbonyl (C=O) groups excluding carboxylic acids is 2. The molecular weight excluding hydrogens is 865 g/mol. The van der Waals surface area contributed by atoms with E-state index >= 15 is 0 Å². The second kappa shape index (κ2) is 16.4. The second-order valence-corrected chi connectivity index (χ2v) is 17.4. The highest BCUT2D eigenvalue weighted by molar-refractivity contribution is 7.86. The van der Waals surface area contributed by atoms with Gasteiger partial charge in [0.25, 0.3) is 46.4 Å². The summed E-state index contributed by atoms with van der Waals surface area (Å²) in [5, 5.41) is 34.9. The zero-order valence-electron chi connectivity index (χ0n) is 29.4. The monoisotopic (exact) mass is 890 g/mol. The van der Waals surface area contributed by atoms with Crippen LogP contribution >= 0.6 is 0 Å². The van der Waals surface area contributed by atoms with E-state index in [0.717, 1.165) is 6.92 Å². The minimum Gasteiger partial charge on any atom is -0.505 e. The Labute approximate surface area is 333 Å². The Balaban J connectivity index is 1.58. The molecule has 0 aliphatic heterocycles. The van der Waals surface area contributed by atoms with Crippen LogP contribution in [0.25, 0.3) is 10.8 Å². The fourth-order valence-electron chi connectivity index (χ4n) is 5.03. The third-order valence-corrected chi connectivity index (χ3v) is 11.2. The maximum atomic E-state index is 12.6. The summed E-state index contributed by atoms with van der Waals surface area (Å²) in [7, 11) is -20.9. The molecule has 0 spiro atoms. The molecule has 1 amide bonds. The Morgan fingerprint density at radius 3 is 1.68 bits per heavy atom. The Hall–Kier alpha value is -6.46. The number of nitrogens with one attached hydrogen (secondary N) is 1. The number of azo groups is 3. The molecule has 0 aliphatic rings. The number of carbonyl (C=O) groups is 2. The van der Waals surface area contributed by atoms with E-state index in [9.17, 15) is 66.6 Å². The predicted octanol–water partition coefficient (Wildman–Crippen LogP) is 5.63. The minimum absolute atomic E-state index is 0.0168. The lowest BCUT2D eigenvalue weighted by atomic mass is 10.1. The van der Waals surface area contributed by atoms with Crippen molar-refractivity contribution in [1.82, 2.24) is 0 Å². The Morgan fingerprint density at radius 1 is 0.627 bits per heavy atom. The van der Waals surface area contributed by atoms with Crippen molar-refractivity contribution in [3.05, 3.63) is 84.9 Å². The molecule has 0 aliphatic carbocycles. The number of ketones is 1. The van der Waals surface area contributed by atoms with E-state index in [1.54, 1.807) is 30.3 Å². The van der Waals surface area contributed by atoms with Crippen LogP contribution in [0.3, 0.4) is 0 Å². The zero-order chi connectivity index (χ0) is 43.7. The summed E-state index contributed by atoms with van der Waals surface area (Å²) in [6, 6.07) is 14.6. The van der Waals surface area contributed by atoms with Crippen LogP contribution in [-0.2, 0) is 50.1 Å². The highest BCUT2D eigenvalue weighted by atomic mass is 32.2. The number of para-hydroxylation sites is 1. The van der Waals surface area contributed by atoms with Gasteiger partial charge in [-0.15, -0.1) is 15.3 Å². The maximum absolute atomic E-state index is 12.6. The smallest absolute Gasteiger partial charge is 0.296 e. The first-order valence-electron chi connectivity index (χ1n) is 15.7. The van der Waals surface area contributed by atoms with Crippen LogP contribution in [0.1, 0.15) is 6.92 Å². The van der Waals surface area contributed by atoms with Crippen molar-refractivity contribution in [2.24, 2.45) is 30.7 Å². The maximum Gasteiger partial charge on any atom is 0.296 e. The predicted molar refractivity (Wildman–Crippen MR) is 205 cm³/mol. The topological polar surface area (TPSA) is 384 Å². The number of nitrogens with zero attached hydrogens (tertiary/aromatic N) is 6. The molecule has 5 rings (SSSR count). The number of amides is 1. The van der Waals surface area contributed by atoms with Gasteiger partial charge in [0, 0.05) is 5.69 Å². The lowest BCUT2D eigenvalue weighted by Crippen LogP contribution is -2.31. The molecule has 5 aromatic rings. The summed E-state index contributed by atoms with van der Waals surface area (Å²) in [5.74, 6) is -2.62. The molecule has 1 atom stereocenters. The van der Waals surface area contributed by atoms with Crippen LogP contribution in [-0.4, -0.2) is 74.7 Å². The van der Waals surface area contributed by atoms with Gasteiger partial charge in [0.05, 0.1) is 27.3 Å². The summed E-state index contributed by atoms with van der Waals surface area (Å²) >= 11 is 0. The molecule has 308 valence electrons. The first kappa shape index (κ1) is 43.7. The number of nitrogen functional groups attached to an aromatic ring is 1. The highest BCUT2D eigenvalue weighted by Crippen LogP contribution is 2.48. The van der Waals surface area contributed by atoms with Gasteiger partial charge >= 0.3 is 0 Å². The molecular formula is C32H26N8O15S4. The van der Waals surface area contributed by atoms with Gasteiger partial charge < -0.3 is 16.2 Å². The van der Waals surface area contributed by atoms with E-state index in [-0.39, 0.29) is 11.4 Å². The van der Waals surface area contributed by atoms with Crippen LogP contribution in [0.15, 0.2) is 135 Å². The normalized spacial score (nSPS) is 13.4. The Morgan fingerprint density at radius 2 is 1.15 bits per heavy atom. The summed E-state index contributed by atoms with van der Waals surface area (Å²) in [4.78, 5) is 20.3. The van der Waals surface area contributed by atoms with Crippen molar-refractivity contribution in [2.45, 2.75) is 32.5 Å². The number of hydrogen-bond acceptors (Lipinski definition) is 18. The summed E-state index contributed by atoms with van der Waals surface area (Å²) < 4.78 is 136. The summed E-state index contributed by atoms with van der Waals surface area (Å²) in [6.07, 6.45) is 0. The van der Waals surface area contributed by atoms with E-state index < -0.39 is 117 Å². The van der Waals surface area contributed by atoms with Crippen LogP contribution in [0.5, 0.6) is 5.75 Å². The Kier molecular flexibility index (Phi) is 12.2. The van der Waals surface area contributed by atoms with Gasteiger partial charge in [0.2, 0.25) is 6.04 Å². The third kappa shape index (κ3) is 10.2. The summed E-state index contributed by atoms with van der Waals surface area (Å²) in [6.45, 7) is 1.15. The SMILES string of the molecule is CC(=O)C(N=Nc1ccc(N=Nc2c(S(=O)(=O)O)cc3cc(S(=O)(=O)O)c(N=Nc4cc(S(=O)(=O)O)ccc4S(=O)(=O)O)c(O)c3c2N)cc1)C(=O)Nc1ccccc1. The quantitative estimate of drug-likeness (QED) is 0.0326. The minimum atomic E-state index is -5.44. The van der Waals surface area contributed by atoms with E-state index in [1.807, 2.05) is 0 Å². The van der Waals surface area contributed by atoms with Gasteiger partial charge in [-0.2, -0.15) is 49.0 Å². The molecule has 0 fully saturated rings. The number of benzene rings is 5. The van der Waals surface area contributed by atoms with Crippen LogP contribution in [0.2, 0.25) is 0 Å². The number of anilines is 2. The number of phenols is 1. The largest absolute Gasteiger partial charge is 0.505 e. The van der Waals surface area contributed by atoms with Gasteiger partial charge in [0.1, 0.15) is 31.7 Å². The first-order valence-corrected chi connectivity index (χ1v) is 21.5. The average Bonchev–Trinajstić information content (AvgIpc) is 3.13. The lowest BCUT2D eigenvalue weighted by Gasteiger charge is -2.14. The number of Topliss-reactive ketones (excluding diaryl/α,β-unsaturated/α-hetero) is 1. The molecule has 1 unspecified atom stereocenters. The van der Waals surface area contributed by atoms with Gasteiger partial charge in [-0.05, 0) is 79.0 Å². The molecule has 0 radical (unpaired) electrons. The molecule has 59 heavy (non-hydrogen) atoms. The molecule has 0 bridgehead atoms. The summed E-state index contributed by atoms with van der Waals surface area (Å²) in [5.41, 5.74) is 2.88. The number of aromatic hydroxyl groups is 1. The van der Waals surface area contributed by atoms with Gasteiger partial charge in [-0.3, -0.25) is 27.8 Å². The van der Waals surface area contributed by atoms with E-state index in [2.05, 4.69) is 36.0 Å². The number of hydrogen-bond donors (Lipinski definition) is 7. The van der Waals surface area contributed by atoms with Gasteiger partial charge in [-0.1, -0.05) is 18.2 Å². The first-order chi connectivity index (χ1) is 27.4.